The van der Waals surface area contributed by atoms with Crippen molar-refractivity contribution < 1.29 is 70.4 Å². The van der Waals surface area contributed by atoms with Gasteiger partial charge in [0.2, 0.25) is 0 Å². The molecule has 0 spiro atoms. The molecule has 0 saturated carbocycles. The van der Waals surface area contributed by atoms with Crippen molar-refractivity contribution >= 4 is 10.1 Å². The molecule has 146 valence electrons. The second-order valence-electron chi connectivity index (χ2n) is 3.62. The highest BCUT2D eigenvalue weighted by Crippen LogP contribution is 2.52. The van der Waals surface area contributed by atoms with Crippen molar-refractivity contribution in [2.45, 2.75) is 29.5 Å². The molecule has 0 aromatic heterocycles. The minimum atomic E-state index is -7.19. The van der Waals surface area contributed by atoms with Crippen LogP contribution in [-0.4, -0.2) is 51.9 Å². The third-order valence-corrected chi connectivity index (χ3v) is 3.42. The Labute approximate surface area is 125 Å². The van der Waals surface area contributed by atoms with E-state index in [2.05, 4.69) is 8.92 Å². The molecule has 0 aliphatic rings. The third-order valence-electron chi connectivity index (χ3n) is 2.12. The molecule has 0 radical (unpaired) electrons. The minimum Gasteiger partial charge on any atom is -0.284 e. The Hall–Kier alpha value is -0.940. The molecule has 0 rings (SSSR count). The highest BCUT2D eigenvalue weighted by atomic mass is 32.2. The van der Waals surface area contributed by atoms with Crippen LogP contribution in [0.2, 0.25) is 0 Å². The van der Waals surface area contributed by atoms with E-state index < -0.39 is 46.5 Å². The van der Waals surface area contributed by atoms with Gasteiger partial charge in [0.25, 0.3) is 0 Å². The van der Waals surface area contributed by atoms with Gasteiger partial charge in [0.15, 0.2) is 6.86 Å². The molecule has 0 aliphatic carbocycles. The summed E-state index contributed by atoms with van der Waals surface area (Å²) in [6.45, 7) is -2.88. The Morgan fingerprint density at radius 1 is 0.833 bits per heavy atom. The largest absolute Gasteiger partial charge is 0.460 e. The van der Waals surface area contributed by atoms with Gasteiger partial charge in [-0.2, -0.15) is 52.3 Å². The van der Waals surface area contributed by atoms with Crippen LogP contribution < -0.4 is 0 Å². The minimum absolute atomic E-state index is 0.146. The van der Waals surface area contributed by atoms with Gasteiger partial charge in [-0.15, -0.1) is 0 Å². The summed E-state index contributed by atoms with van der Waals surface area (Å²) in [6, 6.07) is 0. The van der Waals surface area contributed by atoms with Gasteiger partial charge in [-0.1, -0.05) is 0 Å². The van der Waals surface area contributed by atoms with E-state index in [0.717, 1.165) is 0 Å². The van der Waals surface area contributed by atoms with E-state index >= 15 is 0 Å². The van der Waals surface area contributed by atoms with Crippen LogP contribution in [0.3, 0.4) is 0 Å². The number of ether oxygens (including phenoxy) is 2. The summed E-state index contributed by atoms with van der Waals surface area (Å²) < 4.78 is 168. The number of rotatable bonds is 8. The first-order valence-electron chi connectivity index (χ1n) is 4.92. The zero-order chi connectivity index (χ0) is 19.8. The summed E-state index contributed by atoms with van der Waals surface area (Å²) in [5.41, 5.74) is 0. The molecule has 0 bridgehead atoms. The molecule has 0 fully saturated rings. The van der Waals surface area contributed by atoms with Gasteiger partial charge in [0.1, 0.15) is 0 Å². The van der Waals surface area contributed by atoms with Gasteiger partial charge in [0.05, 0.1) is 7.11 Å². The zero-order valence-corrected chi connectivity index (χ0v) is 11.6. The molecule has 0 amide bonds. The Bertz CT molecular complexity index is 543. The van der Waals surface area contributed by atoms with Crippen molar-refractivity contribution in [2.24, 2.45) is 0 Å². The molecule has 0 saturated heterocycles. The molecular formula is C7H5F11O5S. The lowest BCUT2D eigenvalue weighted by atomic mass is 10.2. The number of alkyl halides is 11. The molecule has 24 heavy (non-hydrogen) atoms. The van der Waals surface area contributed by atoms with Gasteiger partial charge in [-0.25, -0.2) is 4.39 Å². The predicted molar refractivity (Wildman–Crippen MR) is 48.8 cm³/mol. The summed E-state index contributed by atoms with van der Waals surface area (Å²) in [5, 5.41) is -6.75. The van der Waals surface area contributed by atoms with Crippen LogP contribution in [0.25, 0.3) is 0 Å². The SMILES string of the molecule is COS(=O)(=O)C(F)(F)C(F)(F)OC(F)(C(F)(F)F)C(F)(F)OCF. The average molecular weight is 410 g/mol. The van der Waals surface area contributed by atoms with Crippen LogP contribution in [0.4, 0.5) is 48.3 Å². The summed E-state index contributed by atoms with van der Waals surface area (Å²) in [6.07, 6.45) is -20.8. The van der Waals surface area contributed by atoms with Crippen molar-refractivity contribution in [1.82, 2.24) is 0 Å². The first-order valence-corrected chi connectivity index (χ1v) is 6.33. The van der Waals surface area contributed by atoms with E-state index in [4.69, 9.17) is 0 Å². The predicted octanol–water partition coefficient (Wildman–Crippen LogP) is 2.93. The van der Waals surface area contributed by atoms with Gasteiger partial charge < -0.3 is 0 Å². The molecule has 0 aromatic carbocycles. The first kappa shape index (κ1) is 23.1. The summed E-state index contributed by atoms with van der Waals surface area (Å²) in [7, 11) is -6.88. The van der Waals surface area contributed by atoms with Crippen LogP contribution in [-0.2, 0) is 23.8 Å². The molecule has 1 atom stereocenters. The summed E-state index contributed by atoms with van der Waals surface area (Å²) in [4.78, 5) is 0. The average Bonchev–Trinajstić information content (AvgIpc) is 2.36. The molecular weight excluding hydrogens is 405 g/mol. The lowest BCUT2D eigenvalue weighted by molar-refractivity contribution is -0.515. The highest BCUT2D eigenvalue weighted by Gasteiger charge is 2.81. The smallest absolute Gasteiger partial charge is 0.284 e. The lowest BCUT2D eigenvalue weighted by Crippen LogP contribution is -2.64. The maximum Gasteiger partial charge on any atom is 0.460 e. The van der Waals surface area contributed by atoms with Crippen LogP contribution in [0.1, 0.15) is 0 Å². The van der Waals surface area contributed by atoms with E-state index in [1.54, 1.807) is 4.74 Å². The van der Waals surface area contributed by atoms with Gasteiger partial charge >= 0.3 is 39.6 Å². The maximum atomic E-state index is 13.3. The first-order chi connectivity index (χ1) is 10.3. The molecule has 0 heterocycles. The topological polar surface area (TPSA) is 61.8 Å². The Morgan fingerprint density at radius 3 is 1.54 bits per heavy atom. The van der Waals surface area contributed by atoms with Crippen molar-refractivity contribution in [3.63, 3.8) is 0 Å². The molecule has 0 aromatic rings. The second kappa shape index (κ2) is 6.41. The normalized spacial score (nSPS) is 17.7. The maximum absolute atomic E-state index is 13.3. The van der Waals surface area contributed by atoms with E-state index in [9.17, 15) is 56.7 Å². The Kier molecular flexibility index (Phi) is 6.16. The van der Waals surface area contributed by atoms with E-state index in [1.807, 2.05) is 0 Å². The van der Waals surface area contributed by atoms with E-state index in [1.165, 1.54) is 0 Å². The molecule has 0 N–H and O–H groups in total. The monoisotopic (exact) mass is 410 g/mol. The highest BCUT2D eigenvalue weighted by molar-refractivity contribution is 7.87. The number of hydrogen-bond acceptors (Lipinski definition) is 5. The Balaban J connectivity index is 6.18. The third kappa shape index (κ3) is 3.67. The van der Waals surface area contributed by atoms with Crippen molar-refractivity contribution in [2.75, 3.05) is 14.0 Å². The molecule has 1 unspecified atom stereocenters. The number of halogens is 11. The van der Waals surface area contributed by atoms with Crippen LogP contribution in [0, 0.1) is 0 Å². The summed E-state index contributed by atoms with van der Waals surface area (Å²) in [5.74, 6) is -7.05. The standard InChI is InChI=1S/C7H5F11O5S/c1-21-24(19,20)7(17,18)6(15,16)23-3(9,4(10,11)12)5(13,14)22-2-8/h2H2,1H3. The van der Waals surface area contributed by atoms with Crippen molar-refractivity contribution in [3.05, 3.63) is 0 Å². The molecule has 17 heteroatoms. The van der Waals surface area contributed by atoms with Crippen LogP contribution >= 0.6 is 0 Å². The fourth-order valence-corrected chi connectivity index (χ4v) is 1.47. The Morgan fingerprint density at radius 2 is 1.25 bits per heavy atom. The van der Waals surface area contributed by atoms with Gasteiger partial charge in [-0.05, 0) is 0 Å². The number of hydrogen-bond donors (Lipinski definition) is 0. The van der Waals surface area contributed by atoms with Crippen LogP contribution in [0.15, 0.2) is 0 Å². The van der Waals surface area contributed by atoms with Gasteiger partial charge in [0, 0.05) is 0 Å². The van der Waals surface area contributed by atoms with E-state index in [-0.39, 0.29) is 7.11 Å². The fourth-order valence-electron chi connectivity index (χ4n) is 0.930. The van der Waals surface area contributed by atoms with Crippen molar-refractivity contribution in [1.29, 1.82) is 0 Å². The van der Waals surface area contributed by atoms with E-state index in [0.29, 0.717) is 0 Å². The lowest BCUT2D eigenvalue weighted by Gasteiger charge is -2.36. The summed E-state index contributed by atoms with van der Waals surface area (Å²) >= 11 is 0. The van der Waals surface area contributed by atoms with Gasteiger partial charge in [-0.3, -0.25) is 13.7 Å². The van der Waals surface area contributed by atoms with Crippen molar-refractivity contribution in [3.8, 4) is 0 Å². The van der Waals surface area contributed by atoms with Crippen LogP contribution in [0.5, 0.6) is 0 Å². The zero-order valence-electron chi connectivity index (χ0n) is 10.8. The second-order valence-corrected chi connectivity index (χ2v) is 5.37. The molecule has 5 nitrogen and oxygen atoms in total. The molecule has 0 aliphatic heterocycles. The quantitative estimate of drug-likeness (QED) is 0.455. The fraction of sp³-hybridized carbons (Fsp3) is 1.00.